The third kappa shape index (κ3) is 5.86. The molecule has 7 nitrogen and oxygen atoms in total. The van der Waals surface area contributed by atoms with Gasteiger partial charge in [-0.15, -0.1) is 0 Å². The van der Waals surface area contributed by atoms with E-state index in [4.69, 9.17) is 10.00 Å². The van der Waals surface area contributed by atoms with Crippen LogP contribution in [0.1, 0.15) is 11.1 Å². The molecule has 0 aliphatic rings. The van der Waals surface area contributed by atoms with Gasteiger partial charge in [-0.2, -0.15) is 10.5 Å². The second kappa shape index (κ2) is 10.7. The highest BCUT2D eigenvalue weighted by molar-refractivity contribution is 14.1. The van der Waals surface area contributed by atoms with E-state index < -0.39 is 8.07 Å². The SMILES string of the molecule is C[Si](C)(C)CCOCn1cc(C#N)c2c(I)ccnc21.N#Cc1c[nH]c2nccc(I)c12. The molecule has 0 bridgehead atoms. The lowest BCUT2D eigenvalue weighted by atomic mass is 10.2. The number of hydrogen-bond acceptors (Lipinski definition) is 5. The molecule has 0 aliphatic heterocycles. The number of pyridine rings is 2. The molecule has 0 fully saturated rings. The van der Waals surface area contributed by atoms with Crippen LogP contribution in [0.4, 0.5) is 0 Å². The molecule has 0 amide bonds. The minimum absolute atomic E-state index is 0.454. The highest BCUT2D eigenvalue weighted by Gasteiger charge is 2.14. The molecular weight excluding hydrogens is 646 g/mol. The van der Waals surface area contributed by atoms with Crippen LogP contribution in [0.15, 0.2) is 36.9 Å². The van der Waals surface area contributed by atoms with Crippen LogP contribution in [0, 0.1) is 29.8 Å². The highest BCUT2D eigenvalue weighted by atomic mass is 127. The smallest absolute Gasteiger partial charge is 0.144 e. The molecule has 10 heteroatoms. The van der Waals surface area contributed by atoms with Crippen LogP contribution in [0.5, 0.6) is 0 Å². The van der Waals surface area contributed by atoms with Crippen LogP contribution in [0.25, 0.3) is 22.1 Å². The monoisotopic (exact) mass is 668 g/mol. The van der Waals surface area contributed by atoms with Crippen molar-refractivity contribution in [3.05, 3.63) is 55.2 Å². The molecule has 0 saturated carbocycles. The topological polar surface area (TPSA) is 103 Å². The molecule has 4 aromatic heterocycles. The van der Waals surface area contributed by atoms with Crippen molar-refractivity contribution < 1.29 is 4.74 Å². The van der Waals surface area contributed by atoms with Crippen LogP contribution in [-0.4, -0.2) is 34.2 Å². The molecule has 4 aromatic rings. The molecule has 0 unspecified atom stereocenters. The summed E-state index contributed by atoms with van der Waals surface area (Å²) >= 11 is 4.43. The van der Waals surface area contributed by atoms with E-state index in [1.54, 1.807) is 18.6 Å². The van der Waals surface area contributed by atoms with E-state index in [1.807, 2.05) is 22.9 Å². The van der Waals surface area contributed by atoms with Crippen LogP contribution in [0.3, 0.4) is 0 Å². The summed E-state index contributed by atoms with van der Waals surface area (Å²) in [7, 11) is -1.06. The Morgan fingerprint density at radius 1 is 1.03 bits per heavy atom. The lowest BCUT2D eigenvalue weighted by molar-refractivity contribution is 0.0898. The fourth-order valence-electron chi connectivity index (χ4n) is 3.01. The number of nitriles is 2. The third-order valence-electron chi connectivity index (χ3n) is 4.70. The molecule has 0 radical (unpaired) electrons. The van der Waals surface area contributed by atoms with Gasteiger partial charge in [0.25, 0.3) is 0 Å². The van der Waals surface area contributed by atoms with Crippen LogP contribution < -0.4 is 0 Å². The molecule has 1 N–H and O–H groups in total. The molecule has 0 spiro atoms. The number of halogens is 2. The summed E-state index contributed by atoms with van der Waals surface area (Å²) < 4.78 is 9.76. The molecule has 32 heavy (non-hydrogen) atoms. The zero-order valence-corrected chi connectivity index (χ0v) is 23.3. The Morgan fingerprint density at radius 3 is 2.34 bits per heavy atom. The van der Waals surface area contributed by atoms with E-state index in [0.717, 1.165) is 41.9 Å². The normalized spacial score (nSPS) is 11.1. The molecule has 0 aliphatic carbocycles. The largest absolute Gasteiger partial charge is 0.361 e. The Bertz CT molecular complexity index is 1330. The summed E-state index contributed by atoms with van der Waals surface area (Å²) in [5.41, 5.74) is 2.91. The Morgan fingerprint density at radius 2 is 1.69 bits per heavy atom. The van der Waals surface area contributed by atoms with Crippen molar-refractivity contribution in [3.8, 4) is 12.1 Å². The van der Waals surface area contributed by atoms with Crippen LogP contribution in [-0.2, 0) is 11.5 Å². The number of nitrogens with zero attached hydrogens (tertiary/aromatic N) is 5. The average molecular weight is 668 g/mol. The number of H-pyrrole nitrogens is 1. The molecule has 4 heterocycles. The maximum atomic E-state index is 9.22. The van der Waals surface area contributed by atoms with E-state index in [0.29, 0.717) is 17.9 Å². The Balaban J connectivity index is 0.000000204. The van der Waals surface area contributed by atoms with Gasteiger partial charge in [0.2, 0.25) is 0 Å². The fraction of sp³-hybridized carbons (Fsp3) is 0.273. The van der Waals surface area contributed by atoms with E-state index >= 15 is 0 Å². The van der Waals surface area contributed by atoms with Crippen molar-refractivity contribution in [1.29, 1.82) is 10.5 Å². The van der Waals surface area contributed by atoms with Gasteiger partial charge in [-0.1, -0.05) is 19.6 Å². The molecular formula is C22H22I2N6OSi. The van der Waals surface area contributed by atoms with E-state index in [2.05, 4.69) is 91.9 Å². The number of nitrogens with one attached hydrogen (secondary N) is 1. The summed E-state index contributed by atoms with van der Waals surface area (Å²) in [4.78, 5) is 11.4. The summed E-state index contributed by atoms with van der Waals surface area (Å²) in [6.45, 7) is 8.22. The van der Waals surface area contributed by atoms with E-state index in [1.165, 1.54) is 0 Å². The Kier molecular flexibility index (Phi) is 8.27. The second-order valence-corrected chi connectivity index (χ2v) is 16.2. The van der Waals surface area contributed by atoms with E-state index in [-0.39, 0.29) is 0 Å². The third-order valence-corrected chi connectivity index (χ3v) is 8.20. The lowest BCUT2D eigenvalue weighted by Gasteiger charge is -2.15. The molecule has 0 saturated heterocycles. The maximum absolute atomic E-state index is 9.22. The molecule has 164 valence electrons. The molecule has 4 rings (SSSR count). The minimum Gasteiger partial charge on any atom is -0.361 e. The van der Waals surface area contributed by atoms with Crippen LogP contribution in [0.2, 0.25) is 25.7 Å². The lowest BCUT2D eigenvalue weighted by Crippen LogP contribution is -2.22. The first-order valence-electron chi connectivity index (χ1n) is 9.88. The van der Waals surface area contributed by atoms with Crippen LogP contribution >= 0.6 is 45.2 Å². The zero-order chi connectivity index (χ0) is 23.3. The number of ether oxygens (including phenoxy) is 1. The fourth-order valence-corrected chi connectivity index (χ4v) is 5.16. The number of aromatic amines is 1. The first kappa shape index (κ1) is 24.6. The average Bonchev–Trinajstić information content (AvgIpc) is 3.34. The van der Waals surface area contributed by atoms with Gasteiger partial charge in [0.1, 0.15) is 30.2 Å². The first-order valence-corrected chi connectivity index (χ1v) is 15.7. The first-order chi connectivity index (χ1) is 15.2. The van der Waals surface area contributed by atoms with Gasteiger partial charge in [0, 0.05) is 52.0 Å². The maximum Gasteiger partial charge on any atom is 0.144 e. The summed E-state index contributed by atoms with van der Waals surface area (Å²) in [5.74, 6) is 0. The van der Waals surface area contributed by atoms with Gasteiger partial charge in [-0.05, 0) is 63.4 Å². The number of fused-ring (bicyclic) bond motifs is 2. The molecule has 0 aromatic carbocycles. The Hall–Kier alpha value is -2.00. The van der Waals surface area contributed by atoms with Crippen molar-refractivity contribution in [1.82, 2.24) is 19.5 Å². The summed E-state index contributed by atoms with van der Waals surface area (Å²) in [6.07, 6.45) is 7.00. The van der Waals surface area contributed by atoms with Crippen molar-refractivity contribution in [2.45, 2.75) is 32.4 Å². The summed E-state index contributed by atoms with van der Waals surface area (Å²) in [5, 5.41) is 19.8. The van der Waals surface area contributed by atoms with Gasteiger partial charge in [-0.25, -0.2) is 9.97 Å². The van der Waals surface area contributed by atoms with Crippen molar-refractivity contribution in [2.75, 3.05) is 6.61 Å². The highest BCUT2D eigenvalue weighted by Crippen LogP contribution is 2.24. The molecule has 0 atom stereocenters. The standard InChI is InChI=1S/C14H18IN3OSi.C8H4IN3/c1-20(2,3)7-6-19-10-18-9-11(8-16)13-12(15)4-5-17-14(13)18;9-6-1-2-11-8-7(6)5(3-10)4-12-8/h4-5,9H,6-7,10H2,1-3H3;1-2,4H,(H,11,12). The predicted octanol–water partition coefficient (Wildman–Crippen LogP) is 5.86. The van der Waals surface area contributed by atoms with Gasteiger partial charge >= 0.3 is 0 Å². The van der Waals surface area contributed by atoms with E-state index in [9.17, 15) is 5.26 Å². The number of aromatic nitrogens is 4. The van der Waals surface area contributed by atoms with Crippen molar-refractivity contribution >= 4 is 75.3 Å². The van der Waals surface area contributed by atoms with Gasteiger partial charge in [0.15, 0.2) is 0 Å². The van der Waals surface area contributed by atoms with Gasteiger partial charge < -0.3 is 14.3 Å². The zero-order valence-electron chi connectivity index (χ0n) is 18.0. The minimum atomic E-state index is -1.06. The number of rotatable bonds is 5. The summed E-state index contributed by atoms with van der Waals surface area (Å²) in [6, 6.07) is 9.29. The predicted molar refractivity (Wildman–Crippen MR) is 145 cm³/mol. The van der Waals surface area contributed by atoms with Gasteiger partial charge in [0.05, 0.1) is 16.5 Å². The van der Waals surface area contributed by atoms with Gasteiger partial charge in [-0.3, -0.25) is 0 Å². The quantitative estimate of drug-likeness (QED) is 0.163. The number of hydrogen-bond donors (Lipinski definition) is 1. The Labute approximate surface area is 215 Å². The van der Waals surface area contributed by atoms with Crippen molar-refractivity contribution in [3.63, 3.8) is 0 Å². The second-order valence-electron chi connectivity index (χ2n) is 8.29. The van der Waals surface area contributed by atoms with Crippen molar-refractivity contribution in [2.24, 2.45) is 0 Å².